The van der Waals surface area contributed by atoms with Gasteiger partial charge in [-0.25, -0.2) is 4.39 Å². The van der Waals surface area contributed by atoms with Crippen LogP contribution in [-0.4, -0.2) is 22.9 Å². The lowest BCUT2D eigenvalue weighted by Crippen LogP contribution is -2.12. The molecule has 0 radical (unpaired) electrons. The molecule has 1 aromatic rings. The maximum absolute atomic E-state index is 13.4. The van der Waals surface area contributed by atoms with Crippen LogP contribution < -0.4 is 10.5 Å². The van der Waals surface area contributed by atoms with Gasteiger partial charge in [0.2, 0.25) is 0 Å². The van der Waals surface area contributed by atoms with E-state index in [1.165, 1.54) is 12.1 Å². The molecule has 0 atom stereocenters. The third kappa shape index (κ3) is 5.09. The molecule has 0 aromatic heterocycles. The van der Waals surface area contributed by atoms with Gasteiger partial charge in [0, 0.05) is 17.4 Å². The number of ether oxygens (including phenoxy) is 1. The number of hydrogen-bond donors (Lipinski definition) is 1. The predicted octanol–water partition coefficient (Wildman–Crippen LogP) is 3.09. The highest BCUT2D eigenvalue weighted by molar-refractivity contribution is 8.00. The first-order chi connectivity index (χ1) is 8.29. The molecular formula is C10H9F4NOS2. The summed E-state index contributed by atoms with van der Waals surface area (Å²) in [6.45, 7) is -0.171. The van der Waals surface area contributed by atoms with E-state index >= 15 is 0 Å². The first kappa shape index (κ1) is 15.0. The van der Waals surface area contributed by atoms with Crippen molar-refractivity contribution in [3.05, 3.63) is 29.6 Å². The van der Waals surface area contributed by atoms with Crippen LogP contribution >= 0.6 is 24.0 Å². The molecule has 2 N–H and O–H groups in total. The lowest BCUT2D eigenvalue weighted by molar-refractivity contribution is -0.0329. The van der Waals surface area contributed by atoms with Crippen LogP contribution in [0.5, 0.6) is 5.75 Å². The molecule has 18 heavy (non-hydrogen) atoms. The summed E-state index contributed by atoms with van der Waals surface area (Å²) in [7, 11) is 0. The van der Waals surface area contributed by atoms with Gasteiger partial charge < -0.3 is 10.5 Å². The third-order valence-corrected chi connectivity index (χ3v) is 2.74. The minimum atomic E-state index is -4.29. The van der Waals surface area contributed by atoms with E-state index in [1.54, 1.807) is 0 Å². The zero-order valence-corrected chi connectivity index (χ0v) is 10.6. The molecule has 0 saturated carbocycles. The Hall–Kier alpha value is -1.02. The van der Waals surface area contributed by atoms with Crippen molar-refractivity contribution >= 4 is 29.0 Å². The Morgan fingerprint density at radius 2 is 2.06 bits per heavy atom. The highest BCUT2D eigenvalue weighted by atomic mass is 32.2. The van der Waals surface area contributed by atoms with Crippen molar-refractivity contribution in [2.24, 2.45) is 5.73 Å². The van der Waals surface area contributed by atoms with Crippen molar-refractivity contribution in [3.8, 4) is 5.75 Å². The summed E-state index contributed by atoms with van der Waals surface area (Å²) in [5.74, 6) is -0.791. The standard InChI is InChI=1S/C10H9F4NOS2/c11-8-5-6(1-2-7(8)9(15)17)16-3-4-18-10(12,13)14/h1-2,5H,3-4H2,(H2,15,17). The van der Waals surface area contributed by atoms with Crippen LogP contribution in [0.15, 0.2) is 18.2 Å². The quantitative estimate of drug-likeness (QED) is 0.515. The van der Waals surface area contributed by atoms with E-state index in [4.69, 9.17) is 10.5 Å². The molecule has 0 saturated heterocycles. The molecule has 2 nitrogen and oxygen atoms in total. The van der Waals surface area contributed by atoms with E-state index in [0.29, 0.717) is 0 Å². The molecule has 0 heterocycles. The highest BCUT2D eigenvalue weighted by Crippen LogP contribution is 2.29. The number of thioether (sulfide) groups is 1. The van der Waals surface area contributed by atoms with Crippen molar-refractivity contribution in [1.82, 2.24) is 0 Å². The van der Waals surface area contributed by atoms with Gasteiger partial charge in [0.15, 0.2) is 0 Å². The van der Waals surface area contributed by atoms with Gasteiger partial charge in [-0.2, -0.15) is 13.2 Å². The second-order valence-corrected chi connectivity index (χ2v) is 4.75. The first-order valence-corrected chi connectivity index (χ1v) is 6.12. The SMILES string of the molecule is NC(=S)c1ccc(OCCSC(F)(F)F)cc1F. The zero-order chi connectivity index (χ0) is 13.8. The minimum Gasteiger partial charge on any atom is -0.493 e. The number of thiocarbonyl (C=S) groups is 1. The molecule has 0 amide bonds. The Morgan fingerprint density at radius 1 is 1.39 bits per heavy atom. The number of nitrogens with two attached hydrogens (primary N) is 1. The number of halogens is 4. The fraction of sp³-hybridized carbons (Fsp3) is 0.300. The third-order valence-electron chi connectivity index (χ3n) is 1.82. The van der Waals surface area contributed by atoms with Gasteiger partial charge >= 0.3 is 5.51 Å². The van der Waals surface area contributed by atoms with Crippen LogP contribution in [0, 0.1) is 5.82 Å². The summed E-state index contributed by atoms with van der Waals surface area (Å²) >= 11 is 4.41. The Morgan fingerprint density at radius 3 is 2.56 bits per heavy atom. The van der Waals surface area contributed by atoms with Gasteiger partial charge in [0.25, 0.3) is 0 Å². The lowest BCUT2D eigenvalue weighted by atomic mass is 10.2. The normalized spacial score (nSPS) is 11.3. The van der Waals surface area contributed by atoms with E-state index in [9.17, 15) is 17.6 Å². The summed E-state index contributed by atoms with van der Waals surface area (Å²) in [5, 5.41) is 0. The molecule has 0 fully saturated rings. The van der Waals surface area contributed by atoms with Gasteiger partial charge in [-0.05, 0) is 23.9 Å². The van der Waals surface area contributed by atoms with Crippen LogP contribution in [0.1, 0.15) is 5.56 Å². The molecule has 0 aliphatic heterocycles. The fourth-order valence-electron chi connectivity index (χ4n) is 1.10. The minimum absolute atomic E-state index is 0.0713. The molecular weight excluding hydrogens is 290 g/mol. The molecule has 1 aromatic carbocycles. The largest absolute Gasteiger partial charge is 0.493 e. The second kappa shape index (κ2) is 6.24. The van der Waals surface area contributed by atoms with Crippen molar-refractivity contribution in [2.75, 3.05) is 12.4 Å². The average molecular weight is 299 g/mol. The van der Waals surface area contributed by atoms with Crippen molar-refractivity contribution in [1.29, 1.82) is 0 Å². The van der Waals surface area contributed by atoms with Crippen LogP contribution in [0.4, 0.5) is 17.6 Å². The summed E-state index contributed by atoms with van der Waals surface area (Å²) in [5.41, 5.74) is 1.04. The zero-order valence-electron chi connectivity index (χ0n) is 8.96. The average Bonchev–Trinajstić information content (AvgIpc) is 2.22. The number of alkyl halides is 3. The van der Waals surface area contributed by atoms with E-state index in [0.717, 1.165) is 6.07 Å². The predicted molar refractivity (Wildman–Crippen MR) is 66.3 cm³/mol. The number of rotatable bonds is 5. The Kier molecular flexibility index (Phi) is 5.21. The number of benzene rings is 1. The maximum atomic E-state index is 13.4. The van der Waals surface area contributed by atoms with Crippen molar-refractivity contribution in [2.45, 2.75) is 5.51 Å². The van der Waals surface area contributed by atoms with Crippen molar-refractivity contribution < 1.29 is 22.3 Å². The maximum Gasteiger partial charge on any atom is 0.441 e. The smallest absolute Gasteiger partial charge is 0.441 e. The topological polar surface area (TPSA) is 35.2 Å². The van der Waals surface area contributed by atoms with Gasteiger partial charge in [-0.3, -0.25) is 0 Å². The molecule has 100 valence electrons. The van der Waals surface area contributed by atoms with Crippen LogP contribution in [0.25, 0.3) is 0 Å². The van der Waals surface area contributed by atoms with E-state index in [2.05, 4.69) is 12.2 Å². The second-order valence-electron chi connectivity index (χ2n) is 3.15. The summed E-state index contributed by atoms with van der Waals surface area (Å²) in [6.07, 6.45) is 0. The molecule has 1 rings (SSSR count). The summed E-state index contributed by atoms with van der Waals surface area (Å²) in [4.78, 5) is -0.0910. The van der Waals surface area contributed by atoms with Gasteiger partial charge in [-0.15, -0.1) is 0 Å². The van der Waals surface area contributed by atoms with Gasteiger partial charge in [0.1, 0.15) is 16.6 Å². The summed E-state index contributed by atoms with van der Waals surface area (Å²) in [6, 6.07) is 3.76. The van der Waals surface area contributed by atoms with Crippen molar-refractivity contribution in [3.63, 3.8) is 0 Å². The van der Waals surface area contributed by atoms with E-state index < -0.39 is 11.3 Å². The number of hydrogen-bond acceptors (Lipinski definition) is 3. The lowest BCUT2D eigenvalue weighted by Gasteiger charge is -2.09. The molecule has 0 aliphatic rings. The Bertz CT molecular complexity index is 436. The van der Waals surface area contributed by atoms with Gasteiger partial charge in [-0.1, -0.05) is 12.2 Å². The molecule has 0 aliphatic carbocycles. The van der Waals surface area contributed by atoms with Gasteiger partial charge in [0.05, 0.1) is 6.61 Å². The Balaban J connectivity index is 2.49. The first-order valence-electron chi connectivity index (χ1n) is 4.72. The molecule has 0 spiro atoms. The van der Waals surface area contributed by atoms with E-state index in [1.807, 2.05) is 0 Å². The fourth-order valence-corrected chi connectivity index (χ4v) is 1.67. The van der Waals surface area contributed by atoms with Crippen LogP contribution in [0.3, 0.4) is 0 Å². The summed E-state index contributed by atoms with van der Waals surface area (Å²) < 4.78 is 53.8. The van der Waals surface area contributed by atoms with Crippen LogP contribution in [-0.2, 0) is 0 Å². The molecule has 0 unspecified atom stereocenters. The monoisotopic (exact) mass is 299 g/mol. The van der Waals surface area contributed by atoms with E-state index in [-0.39, 0.29) is 40.4 Å². The van der Waals surface area contributed by atoms with Crippen LogP contribution in [0.2, 0.25) is 0 Å². The highest BCUT2D eigenvalue weighted by Gasteiger charge is 2.27. The molecule has 0 bridgehead atoms. The Labute approximate surface area is 110 Å². The molecule has 8 heteroatoms.